The summed E-state index contributed by atoms with van der Waals surface area (Å²) in [5.74, 6) is -6.85. The molecule has 0 radical (unpaired) electrons. The highest BCUT2D eigenvalue weighted by atomic mass is 16.4. The Hall–Kier alpha value is -3.79. The molecule has 0 saturated heterocycles. The van der Waals surface area contributed by atoms with Crippen LogP contribution in [0.5, 0.6) is 0 Å². The molecule has 0 unspecified atom stereocenters. The Kier molecular flexibility index (Phi) is 20.2. The highest BCUT2D eigenvalue weighted by Gasteiger charge is 2.35. The number of aliphatic carboxylic acids is 2. The molecule has 0 aromatic heterocycles. The summed E-state index contributed by atoms with van der Waals surface area (Å²) in [6.07, 6.45) is 0.152. The van der Waals surface area contributed by atoms with E-state index in [0.29, 0.717) is 6.42 Å². The molecule has 0 bridgehead atoms. The third kappa shape index (κ3) is 16.9. The normalized spacial score (nSPS) is 15.8. The highest BCUT2D eigenvalue weighted by Crippen LogP contribution is 2.14. The molecule has 0 aromatic rings. The van der Waals surface area contributed by atoms with Gasteiger partial charge in [0.25, 0.3) is 0 Å². The lowest BCUT2D eigenvalue weighted by atomic mass is 9.95. The molecule has 7 atom stereocenters. The summed E-state index contributed by atoms with van der Waals surface area (Å²) in [6, 6.07) is -7.22. The van der Waals surface area contributed by atoms with Crippen molar-refractivity contribution >= 4 is 41.5 Å². The van der Waals surface area contributed by atoms with E-state index in [4.69, 9.17) is 10.8 Å². The molecular weight excluding hydrogens is 628 g/mol. The summed E-state index contributed by atoms with van der Waals surface area (Å²) in [6.45, 7) is 13.9. The van der Waals surface area contributed by atoms with Crippen LogP contribution < -0.4 is 32.3 Å². The maximum Gasteiger partial charge on any atom is 0.326 e. The van der Waals surface area contributed by atoms with Crippen LogP contribution in [-0.4, -0.2) is 99.7 Å². The fourth-order valence-corrected chi connectivity index (χ4v) is 4.76. The van der Waals surface area contributed by atoms with E-state index in [9.17, 15) is 43.8 Å². The number of amides is 5. The number of nitrogens with two attached hydrogens (primary N) is 1. The average molecular weight is 687 g/mol. The van der Waals surface area contributed by atoms with E-state index < -0.39 is 96.7 Å². The number of aliphatic hydroxyl groups excluding tert-OH is 1. The molecule has 0 rings (SSSR count). The topological polar surface area (TPSA) is 266 Å². The van der Waals surface area contributed by atoms with Crippen molar-refractivity contribution in [1.29, 1.82) is 0 Å². The average Bonchev–Trinajstić information content (AvgIpc) is 2.98. The first kappa shape index (κ1) is 44.2. The van der Waals surface area contributed by atoms with Crippen LogP contribution >= 0.6 is 0 Å². The Morgan fingerprint density at radius 1 is 0.583 bits per heavy atom. The van der Waals surface area contributed by atoms with Crippen molar-refractivity contribution in [3.05, 3.63) is 0 Å². The molecule has 0 aliphatic heterocycles. The number of hydrogen-bond donors (Lipinski definition) is 9. The van der Waals surface area contributed by atoms with Crippen molar-refractivity contribution < 1.29 is 48.9 Å². The summed E-state index contributed by atoms with van der Waals surface area (Å²) in [4.78, 5) is 88.9. The van der Waals surface area contributed by atoms with Gasteiger partial charge >= 0.3 is 11.9 Å². The molecule has 10 N–H and O–H groups in total. The van der Waals surface area contributed by atoms with E-state index in [2.05, 4.69) is 26.6 Å². The summed E-state index contributed by atoms with van der Waals surface area (Å²) >= 11 is 0. The molecule has 276 valence electrons. The van der Waals surface area contributed by atoms with Crippen molar-refractivity contribution in [3.8, 4) is 0 Å². The maximum absolute atomic E-state index is 13.7. The second-order valence-electron chi connectivity index (χ2n) is 13.6. The third-order valence-electron chi connectivity index (χ3n) is 7.61. The summed E-state index contributed by atoms with van der Waals surface area (Å²) in [5, 5.41) is 40.6. The van der Waals surface area contributed by atoms with Crippen LogP contribution in [0.25, 0.3) is 0 Å². The van der Waals surface area contributed by atoms with Crippen LogP contribution in [0.15, 0.2) is 0 Å². The van der Waals surface area contributed by atoms with Gasteiger partial charge in [0.1, 0.15) is 36.3 Å². The van der Waals surface area contributed by atoms with Crippen molar-refractivity contribution in [1.82, 2.24) is 26.6 Å². The van der Waals surface area contributed by atoms with E-state index in [1.165, 1.54) is 0 Å². The second kappa shape index (κ2) is 22.0. The Bertz CT molecular complexity index is 1100. The Morgan fingerprint density at radius 3 is 1.29 bits per heavy atom. The van der Waals surface area contributed by atoms with Crippen molar-refractivity contribution in [3.63, 3.8) is 0 Å². The number of carbonyl (C=O) groups excluding carboxylic acids is 5. The Labute approximate surface area is 283 Å². The van der Waals surface area contributed by atoms with Gasteiger partial charge < -0.3 is 47.6 Å². The highest BCUT2D eigenvalue weighted by molar-refractivity contribution is 5.96. The van der Waals surface area contributed by atoms with E-state index >= 15 is 0 Å². The SMILES string of the molecule is CC[C@H](C)[C@H](NC(=O)[C@H](CC(C)C)NC(=O)[C@H](CC(C)C)NC(=O)[C@H](CC(C)C)NC(=O)[C@@H](N)CO)C(=O)N[C@@H](CCC(=O)O)C(=O)O. The summed E-state index contributed by atoms with van der Waals surface area (Å²) in [5.41, 5.74) is 5.61. The molecule has 0 spiro atoms. The van der Waals surface area contributed by atoms with E-state index in [1.807, 2.05) is 41.5 Å². The smallest absolute Gasteiger partial charge is 0.326 e. The number of carboxylic acid groups (broad SMARTS) is 2. The second-order valence-corrected chi connectivity index (χ2v) is 13.6. The van der Waals surface area contributed by atoms with Crippen LogP contribution in [-0.2, 0) is 33.6 Å². The monoisotopic (exact) mass is 686 g/mol. The Balaban J connectivity index is 6.14. The zero-order valence-electron chi connectivity index (χ0n) is 29.5. The molecule has 0 saturated carbocycles. The van der Waals surface area contributed by atoms with Crippen LogP contribution in [0, 0.1) is 23.7 Å². The molecular formula is C32H58N6O10. The lowest BCUT2D eigenvalue weighted by Gasteiger charge is -2.30. The van der Waals surface area contributed by atoms with Crippen LogP contribution in [0.4, 0.5) is 0 Å². The summed E-state index contributed by atoms with van der Waals surface area (Å²) in [7, 11) is 0. The maximum atomic E-state index is 13.7. The molecule has 0 heterocycles. The van der Waals surface area contributed by atoms with Gasteiger partial charge in [0.2, 0.25) is 29.5 Å². The minimum absolute atomic E-state index is 0.0264. The first-order chi connectivity index (χ1) is 22.2. The van der Waals surface area contributed by atoms with E-state index in [0.717, 1.165) is 0 Å². The molecule has 16 heteroatoms. The lowest BCUT2D eigenvalue weighted by molar-refractivity contribution is -0.143. The zero-order valence-corrected chi connectivity index (χ0v) is 29.5. The van der Waals surface area contributed by atoms with Gasteiger partial charge in [0.15, 0.2) is 0 Å². The molecule has 0 aromatic carbocycles. The first-order valence-corrected chi connectivity index (χ1v) is 16.6. The minimum Gasteiger partial charge on any atom is -0.481 e. The van der Waals surface area contributed by atoms with Gasteiger partial charge in [0.05, 0.1) is 6.61 Å². The number of rotatable bonds is 23. The van der Waals surface area contributed by atoms with Gasteiger partial charge in [-0.15, -0.1) is 0 Å². The van der Waals surface area contributed by atoms with E-state index in [-0.39, 0.29) is 43.4 Å². The van der Waals surface area contributed by atoms with Crippen LogP contribution in [0.3, 0.4) is 0 Å². The number of carbonyl (C=O) groups is 7. The molecule has 0 aliphatic rings. The van der Waals surface area contributed by atoms with Gasteiger partial charge in [-0.05, 0) is 49.4 Å². The number of nitrogens with one attached hydrogen (secondary N) is 5. The van der Waals surface area contributed by atoms with Gasteiger partial charge in [-0.2, -0.15) is 0 Å². The van der Waals surface area contributed by atoms with Gasteiger partial charge in [0, 0.05) is 6.42 Å². The first-order valence-electron chi connectivity index (χ1n) is 16.6. The van der Waals surface area contributed by atoms with Gasteiger partial charge in [-0.3, -0.25) is 28.8 Å². The fraction of sp³-hybridized carbons (Fsp3) is 0.781. The van der Waals surface area contributed by atoms with Gasteiger partial charge in [-0.25, -0.2) is 4.79 Å². The van der Waals surface area contributed by atoms with Crippen LogP contribution in [0.1, 0.15) is 93.9 Å². The van der Waals surface area contributed by atoms with Gasteiger partial charge in [-0.1, -0.05) is 61.8 Å². The number of carboxylic acids is 2. The quantitative estimate of drug-likeness (QED) is 0.0683. The molecule has 0 fully saturated rings. The Morgan fingerprint density at radius 2 is 0.958 bits per heavy atom. The predicted molar refractivity (Wildman–Crippen MR) is 177 cm³/mol. The summed E-state index contributed by atoms with van der Waals surface area (Å²) < 4.78 is 0. The zero-order chi connectivity index (χ0) is 37.3. The number of hydrogen-bond acceptors (Lipinski definition) is 9. The van der Waals surface area contributed by atoms with E-state index in [1.54, 1.807) is 13.8 Å². The van der Waals surface area contributed by atoms with Crippen molar-refractivity contribution in [2.75, 3.05) is 6.61 Å². The standard InChI is InChI=1S/C32H58N6O10/c1-9-19(8)26(31(46)34-21(32(47)48)10-11-25(40)41)38-30(45)24(14-18(6)7)37-29(44)23(13-17(4)5)36-28(43)22(12-16(2)3)35-27(42)20(33)15-39/h16-24,26,39H,9-15,33H2,1-8H3,(H,34,46)(H,35,42)(H,36,43)(H,37,44)(H,38,45)(H,40,41)(H,47,48)/t19-,20-,21-,22-,23-,24-,26-/m0/s1. The van der Waals surface area contributed by atoms with Crippen molar-refractivity contribution in [2.24, 2.45) is 29.4 Å². The number of aliphatic hydroxyl groups is 1. The molecule has 16 nitrogen and oxygen atoms in total. The largest absolute Gasteiger partial charge is 0.481 e. The minimum atomic E-state index is -1.49. The van der Waals surface area contributed by atoms with Crippen molar-refractivity contribution in [2.45, 2.75) is 130 Å². The molecule has 48 heavy (non-hydrogen) atoms. The third-order valence-corrected chi connectivity index (χ3v) is 7.61. The van der Waals surface area contributed by atoms with Crippen LogP contribution in [0.2, 0.25) is 0 Å². The predicted octanol–water partition coefficient (Wildman–Crippen LogP) is -0.136. The fourth-order valence-electron chi connectivity index (χ4n) is 4.76. The molecule has 0 aliphatic carbocycles. The molecule has 5 amide bonds. The lowest BCUT2D eigenvalue weighted by Crippen LogP contribution is -2.60.